The van der Waals surface area contributed by atoms with Gasteiger partial charge in [0, 0.05) is 10.8 Å². The molecule has 2 heteroatoms. The Labute approximate surface area is 117 Å². The maximum absolute atomic E-state index is 4.58. The van der Waals surface area contributed by atoms with Gasteiger partial charge in [0.15, 0.2) is 0 Å². The fraction of sp³-hybridized carbons (Fsp3) is 0.167. The molecule has 0 radical (unpaired) electrons. The summed E-state index contributed by atoms with van der Waals surface area (Å²) < 4.78 is 2.08. The van der Waals surface area contributed by atoms with Gasteiger partial charge in [-0.05, 0) is 43.4 Å². The van der Waals surface area contributed by atoms with Crippen LogP contribution < -0.4 is 0 Å². The highest BCUT2D eigenvalue weighted by Gasteiger charge is 2.13. The fourth-order valence-electron chi connectivity index (χ4n) is 3.30. The number of aromatic nitrogens is 2. The van der Waals surface area contributed by atoms with E-state index in [1.807, 2.05) is 6.20 Å². The summed E-state index contributed by atoms with van der Waals surface area (Å²) in [5.41, 5.74) is 6.26. The minimum absolute atomic E-state index is 1.17. The zero-order valence-corrected chi connectivity index (χ0v) is 11.9. The minimum Gasteiger partial charge on any atom is -0.232 e. The van der Waals surface area contributed by atoms with Crippen molar-refractivity contribution in [3.63, 3.8) is 0 Å². The number of aryl methyl sites for hydroxylation is 3. The second kappa shape index (κ2) is 3.83. The van der Waals surface area contributed by atoms with Crippen LogP contribution in [0.15, 0.2) is 42.6 Å². The molecule has 2 heterocycles. The molecule has 0 amide bonds. The summed E-state index contributed by atoms with van der Waals surface area (Å²) in [5, 5.41) is 8.50. The number of fused-ring (bicyclic) bond motifs is 6. The van der Waals surface area contributed by atoms with Crippen molar-refractivity contribution < 1.29 is 0 Å². The average Bonchev–Trinajstić information content (AvgIpc) is 2.81. The Morgan fingerprint density at radius 1 is 0.900 bits per heavy atom. The highest BCUT2D eigenvalue weighted by Crippen LogP contribution is 2.33. The zero-order valence-electron chi connectivity index (χ0n) is 11.9. The van der Waals surface area contributed by atoms with Crippen molar-refractivity contribution in [3.8, 4) is 0 Å². The van der Waals surface area contributed by atoms with Gasteiger partial charge in [0.1, 0.15) is 0 Å². The number of benzene rings is 2. The zero-order chi connectivity index (χ0) is 13.9. The van der Waals surface area contributed by atoms with E-state index in [2.05, 4.69) is 66.8 Å². The molecule has 98 valence electrons. The van der Waals surface area contributed by atoms with Gasteiger partial charge in [0.25, 0.3) is 0 Å². The monoisotopic (exact) mass is 260 g/mol. The van der Waals surface area contributed by atoms with E-state index in [-0.39, 0.29) is 0 Å². The molecule has 0 saturated carbocycles. The first-order valence-corrected chi connectivity index (χ1v) is 6.93. The molecule has 0 atom stereocenters. The molecule has 0 N–H and O–H groups in total. The molecule has 2 nitrogen and oxygen atoms in total. The molecular weight excluding hydrogens is 244 g/mol. The highest BCUT2D eigenvalue weighted by atomic mass is 15.2. The van der Waals surface area contributed by atoms with Gasteiger partial charge >= 0.3 is 0 Å². The molecule has 0 unspecified atom stereocenters. The van der Waals surface area contributed by atoms with Crippen LogP contribution in [-0.2, 0) is 0 Å². The molecule has 4 rings (SSSR count). The number of hydrogen-bond donors (Lipinski definition) is 0. The summed E-state index contributed by atoms with van der Waals surface area (Å²) in [6, 6.07) is 13.1. The van der Waals surface area contributed by atoms with Crippen LogP contribution in [0.25, 0.3) is 27.2 Å². The lowest BCUT2D eigenvalue weighted by Gasteiger charge is -2.12. The van der Waals surface area contributed by atoms with Gasteiger partial charge < -0.3 is 0 Å². The van der Waals surface area contributed by atoms with Gasteiger partial charge in [-0.1, -0.05) is 35.9 Å². The number of rotatable bonds is 0. The Kier molecular flexibility index (Phi) is 2.19. The minimum atomic E-state index is 1.17. The van der Waals surface area contributed by atoms with Crippen LogP contribution >= 0.6 is 0 Å². The van der Waals surface area contributed by atoms with Crippen LogP contribution in [0.1, 0.15) is 16.7 Å². The van der Waals surface area contributed by atoms with Gasteiger partial charge in [-0.3, -0.25) is 0 Å². The van der Waals surface area contributed by atoms with Gasteiger partial charge in [-0.2, -0.15) is 5.10 Å². The normalized spacial score (nSPS) is 11.8. The van der Waals surface area contributed by atoms with Crippen molar-refractivity contribution in [2.75, 3.05) is 0 Å². The van der Waals surface area contributed by atoms with Crippen molar-refractivity contribution in [2.24, 2.45) is 0 Å². The van der Waals surface area contributed by atoms with Crippen LogP contribution in [0.4, 0.5) is 0 Å². The van der Waals surface area contributed by atoms with Crippen LogP contribution in [0, 0.1) is 20.8 Å². The van der Waals surface area contributed by atoms with E-state index >= 15 is 0 Å². The van der Waals surface area contributed by atoms with Crippen LogP contribution in [0.5, 0.6) is 0 Å². The molecule has 2 aromatic heterocycles. The van der Waals surface area contributed by atoms with Gasteiger partial charge in [-0.15, -0.1) is 0 Å². The number of hydrogen-bond acceptors (Lipinski definition) is 1. The van der Waals surface area contributed by atoms with E-state index in [9.17, 15) is 0 Å². The molecule has 0 bridgehead atoms. The summed E-state index contributed by atoms with van der Waals surface area (Å²) in [6.07, 6.45) is 1.96. The maximum Gasteiger partial charge on any atom is 0.0779 e. The number of nitrogens with zero attached hydrogens (tertiary/aromatic N) is 2. The smallest absolute Gasteiger partial charge is 0.0779 e. The summed E-state index contributed by atoms with van der Waals surface area (Å²) in [5.74, 6) is 0. The molecule has 4 aromatic rings. The SMILES string of the molecule is Cc1cc(C)c2c(c1)c1ccccc1n1ncc(C)c21. The van der Waals surface area contributed by atoms with E-state index in [1.165, 1.54) is 43.9 Å². The molecular formula is C18H16N2. The molecule has 20 heavy (non-hydrogen) atoms. The standard InChI is InChI=1S/C18H16N2/c1-11-8-12(2)17-15(9-11)14-6-4-5-7-16(14)20-18(17)13(3)10-19-20/h4-10H,1-3H3. The lowest BCUT2D eigenvalue weighted by molar-refractivity contribution is 1.01. The molecule has 0 aliphatic heterocycles. The quantitative estimate of drug-likeness (QED) is 0.423. The first kappa shape index (κ1) is 11.5. The Morgan fingerprint density at radius 3 is 2.55 bits per heavy atom. The summed E-state index contributed by atoms with van der Waals surface area (Å²) >= 11 is 0. The van der Waals surface area contributed by atoms with Gasteiger partial charge in [-0.25, -0.2) is 4.52 Å². The van der Waals surface area contributed by atoms with E-state index < -0.39 is 0 Å². The van der Waals surface area contributed by atoms with Crippen molar-refractivity contribution in [1.29, 1.82) is 0 Å². The summed E-state index contributed by atoms with van der Waals surface area (Å²) in [6.45, 7) is 6.49. The van der Waals surface area contributed by atoms with Crippen molar-refractivity contribution >= 4 is 27.2 Å². The largest absolute Gasteiger partial charge is 0.232 e. The third kappa shape index (κ3) is 1.36. The Hall–Kier alpha value is -2.35. The predicted octanol–water partition coefficient (Wildman–Crippen LogP) is 4.57. The second-order valence-corrected chi connectivity index (χ2v) is 5.61. The maximum atomic E-state index is 4.58. The number of pyridine rings is 1. The van der Waals surface area contributed by atoms with E-state index in [0.717, 1.165) is 0 Å². The average molecular weight is 260 g/mol. The highest BCUT2D eigenvalue weighted by molar-refractivity contribution is 6.14. The molecule has 0 fully saturated rings. The number of para-hydroxylation sites is 1. The van der Waals surface area contributed by atoms with E-state index in [4.69, 9.17) is 0 Å². The van der Waals surface area contributed by atoms with Gasteiger partial charge in [0.2, 0.25) is 0 Å². The van der Waals surface area contributed by atoms with E-state index in [0.29, 0.717) is 0 Å². The van der Waals surface area contributed by atoms with Crippen LogP contribution in [0.2, 0.25) is 0 Å². The predicted molar refractivity (Wildman–Crippen MR) is 84.4 cm³/mol. The molecule has 2 aromatic carbocycles. The first-order valence-electron chi connectivity index (χ1n) is 6.93. The van der Waals surface area contributed by atoms with Crippen LogP contribution in [0.3, 0.4) is 0 Å². The third-order valence-electron chi connectivity index (χ3n) is 4.09. The van der Waals surface area contributed by atoms with Gasteiger partial charge in [0.05, 0.1) is 17.2 Å². The lowest BCUT2D eigenvalue weighted by atomic mass is 9.98. The summed E-state index contributed by atoms with van der Waals surface area (Å²) in [7, 11) is 0. The molecule has 0 aliphatic rings. The second-order valence-electron chi connectivity index (χ2n) is 5.61. The van der Waals surface area contributed by atoms with Crippen LogP contribution in [-0.4, -0.2) is 9.61 Å². The summed E-state index contributed by atoms with van der Waals surface area (Å²) in [4.78, 5) is 0. The Bertz CT molecular complexity index is 977. The third-order valence-corrected chi connectivity index (χ3v) is 4.09. The van der Waals surface area contributed by atoms with Crippen molar-refractivity contribution in [2.45, 2.75) is 20.8 Å². The lowest BCUT2D eigenvalue weighted by Crippen LogP contribution is -1.94. The Balaban J connectivity index is 2.47. The first-order chi connectivity index (χ1) is 9.66. The van der Waals surface area contributed by atoms with Crippen molar-refractivity contribution in [1.82, 2.24) is 9.61 Å². The molecule has 0 spiro atoms. The van der Waals surface area contributed by atoms with E-state index in [1.54, 1.807) is 0 Å². The Morgan fingerprint density at radius 2 is 1.70 bits per heavy atom. The topological polar surface area (TPSA) is 17.3 Å². The molecule has 0 saturated heterocycles. The molecule has 0 aliphatic carbocycles. The fourth-order valence-corrected chi connectivity index (χ4v) is 3.30. The van der Waals surface area contributed by atoms with Crippen molar-refractivity contribution in [3.05, 3.63) is 59.3 Å².